The number of benzene rings is 1. The van der Waals surface area contributed by atoms with Gasteiger partial charge in [0.15, 0.2) is 11.2 Å². The Morgan fingerprint density at radius 3 is 2.57 bits per heavy atom. The third kappa shape index (κ3) is 3.26. The molecule has 1 aromatic carbocycles. The van der Waals surface area contributed by atoms with Gasteiger partial charge < -0.3 is 9.47 Å². The number of hydrogen-bond acceptors (Lipinski definition) is 4. The molecule has 3 heterocycles. The molecular formula is C23H31N5O2. The van der Waals surface area contributed by atoms with Crippen LogP contribution in [-0.2, 0) is 20.1 Å². The standard InChI is InChI=1S/C23H31N5O2/c1-6-7-8-11-26-21(29)19-20(25(5)23(26)30)24-22-27(13-15(2)14-28(19)22)18-10-9-16(3)17(4)12-18/h9-10,12,15H,6-8,11,13-14H2,1-5H3/t15-/m1/s1. The van der Waals surface area contributed by atoms with E-state index < -0.39 is 0 Å². The van der Waals surface area contributed by atoms with Gasteiger partial charge in [-0.25, -0.2) is 4.79 Å². The lowest BCUT2D eigenvalue weighted by Crippen LogP contribution is -2.40. The van der Waals surface area contributed by atoms with Crippen LogP contribution >= 0.6 is 0 Å². The highest BCUT2D eigenvalue weighted by molar-refractivity contribution is 5.77. The van der Waals surface area contributed by atoms with Crippen molar-refractivity contribution in [2.75, 3.05) is 11.4 Å². The maximum atomic E-state index is 13.3. The fourth-order valence-electron chi connectivity index (χ4n) is 4.33. The average Bonchev–Trinajstić information content (AvgIpc) is 3.10. The molecule has 3 aromatic rings. The molecule has 30 heavy (non-hydrogen) atoms. The molecule has 4 rings (SSSR count). The molecule has 0 N–H and O–H groups in total. The van der Waals surface area contributed by atoms with E-state index in [4.69, 9.17) is 4.98 Å². The second-order valence-corrected chi connectivity index (χ2v) is 8.68. The second-order valence-electron chi connectivity index (χ2n) is 8.68. The van der Waals surface area contributed by atoms with Crippen LogP contribution in [0.15, 0.2) is 27.8 Å². The molecule has 7 nitrogen and oxygen atoms in total. The van der Waals surface area contributed by atoms with E-state index in [1.807, 2.05) is 4.57 Å². The normalized spacial score (nSPS) is 16.3. The van der Waals surface area contributed by atoms with E-state index in [9.17, 15) is 9.59 Å². The molecule has 1 aliphatic rings. The predicted octanol–water partition coefficient (Wildman–Crippen LogP) is 3.49. The van der Waals surface area contributed by atoms with Gasteiger partial charge in [0.25, 0.3) is 5.56 Å². The van der Waals surface area contributed by atoms with E-state index in [2.05, 4.69) is 50.8 Å². The SMILES string of the molecule is CCCCCn1c(=O)c2c(nc3n2C[C@H](C)CN3c2ccc(C)c(C)c2)n(C)c1=O. The first-order chi connectivity index (χ1) is 14.3. The van der Waals surface area contributed by atoms with E-state index in [-0.39, 0.29) is 11.2 Å². The number of anilines is 2. The first-order valence-electron chi connectivity index (χ1n) is 10.9. The number of rotatable bonds is 5. The molecule has 1 atom stereocenters. The van der Waals surface area contributed by atoms with Crippen molar-refractivity contribution in [3.63, 3.8) is 0 Å². The number of aromatic nitrogens is 4. The molecule has 0 spiro atoms. The first-order valence-corrected chi connectivity index (χ1v) is 10.9. The van der Waals surface area contributed by atoms with Crippen molar-refractivity contribution in [3.05, 3.63) is 50.2 Å². The summed E-state index contributed by atoms with van der Waals surface area (Å²) < 4.78 is 4.92. The zero-order chi connectivity index (χ0) is 21.6. The van der Waals surface area contributed by atoms with Crippen LogP contribution < -0.4 is 16.1 Å². The molecule has 160 valence electrons. The lowest BCUT2D eigenvalue weighted by molar-refractivity contribution is 0.457. The molecule has 0 radical (unpaired) electrons. The van der Waals surface area contributed by atoms with Gasteiger partial charge in [0.05, 0.1) is 0 Å². The summed E-state index contributed by atoms with van der Waals surface area (Å²) in [6.45, 7) is 10.5. The highest BCUT2D eigenvalue weighted by Crippen LogP contribution is 2.33. The van der Waals surface area contributed by atoms with E-state index in [0.29, 0.717) is 23.6 Å². The highest BCUT2D eigenvalue weighted by atomic mass is 16.2. The summed E-state index contributed by atoms with van der Waals surface area (Å²) in [4.78, 5) is 33.2. The van der Waals surface area contributed by atoms with Crippen LogP contribution in [0, 0.1) is 19.8 Å². The molecule has 2 aromatic heterocycles. The maximum absolute atomic E-state index is 13.3. The second kappa shape index (κ2) is 7.78. The molecule has 7 heteroatoms. The van der Waals surface area contributed by atoms with Crippen LogP contribution in [0.25, 0.3) is 11.2 Å². The van der Waals surface area contributed by atoms with Crippen LogP contribution in [0.5, 0.6) is 0 Å². The smallest absolute Gasteiger partial charge is 0.312 e. The Hall–Kier alpha value is -2.83. The zero-order valence-electron chi connectivity index (χ0n) is 18.6. The van der Waals surface area contributed by atoms with Crippen molar-refractivity contribution in [2.24, 2.45) is 13.0 Å². The van der Waals surface area contributed by atoms with E-state index >= 15 is 0 Å². The lowest BCUT2D eigenvalue weighted by atomic mass is 10.1. The monoisotopic (exact) mass is 409 g/mol. The van der Waals surface area contributed by atoms with Gasteiger partial charge in [-0.1, -0.05) is 32.8 Å². The summed E-state index contributed by atoms with van der Waals surface area (Å²) in [5.74, 6) is 1.09. The topological polar surface area (TPSA) is 65.1 Å². The summed E-state index contributed by atoms with van der Waals surface area (Å²) in [5.41, 5.74) is 4.02. The summed E-state index contributed by atoms with van der Waals surface area (Å²) >= 11 is 0. The minimum absolute atomic E-state index is 0.225. The van der Waals surface area contributed by atoms with E-state index in [1.54, 1.807) is 7.05 Å². The maximum Gasteiger partial charge on any atom is 0.332 e. The van der Waals surface area contributed by atoms with Crippen LogP contribution in [-0.4, -0.2) is 25.2 Å². The Morgan fingerprint density at radius 2 is 1.87 bits per heavy atom. The van der Waals surface area contributed by atoms with Gasteiger partial charge >= 0.3 is 5.69 Å². The Balaban J connectivity index is 1.92. The van der Waals surface area contributed by atoms with Gasteiger partial charge in [-0.05, 0) is 49.4 Å². The van der Waals surface area contributed by atoms with Gasteiger partial charge in [-0.2, -0.15) is 4.98 Å². The van der Waals surface area contributed by atoms with Crippen LogP contribution in [0.3, 0.4) is 0 Å². The molecular weight excluding hydrogens is 378 g/mol. The van der Waals surface area contributed by atoms with Crippen molar-refractivity contribution in [1.82, 2.24) is 18.7 Å². The third-order valence-corrected chi connectivity index (χ3v) is 6.23. The van der Waals surface area contributed by atoms with Crippen molar-refractivity contribution < 1.29 is 0 Å². The Kier molecular flexibility index (Phi) is 5.30. The summed E-state index contributed by atoms with van der Waals surface area (Å²) in [5, 5.41) is 0. The van der Waals surface area contributed by atoms with E-state index in [0.717, 1.165) is 44.0 Å². The first kappa shape index (κ1) is 20.4. The quantitative estimate of drug-likeness (QED) is 0.605. The third-order valence-electron chi connectivity index (χ3n) is 6.23. The molecule has 0 amide bonds. The van der Waals surface area contributed by atoms with E-state index in [1.165, 1.54) is 20.3 Å². The number of aryl methyl sites for hydroxylation is 3. The van der Waals surface area contributed by atoms with Crippen LogP contribution in [0.2, 0.25) is 0 Å². The van der Waals surface area contributed by atoms with Crippen molar-refractivity contribution >= 4 is 22.8 Å². The van der Waals surface area contributed by atoms with Crippen molar-refractivity contribution in [3.8, 4) is 0 Å². The average molecular weight is 410 g/mol. The molecule has 0 unspecified atom stereocenters. The summed E-state index contributed by atoms with van der Waals surface area (Å²) in [7, 11) is 1.71. The van der Waals surface area contributed by atoms with Gasteiger partial charge in [0.2, 0.25) is 5.95 Å². The Bertz CT molecular complexity index is 1220. The molecule has 1 aliphatic heterocycles. The zero-order valence-corrected chi connectivity index (χ0v) is 18.6. The number of unbranched alkanes of at least 4 members (excludes halogenated alkanes) is 2. The predicted molar refractivity (Wildman–Crippen MR) is 121 cm³/mol. The minimum Gasteiger partial charge on any atom is -0.312 e. The van der Waals surface area contributed by atoms with Crippen molar-refractivity contribution in [2.45, 2.75) is 60.0 Å². The summed E-state index contributed by atoms with van der Waals surface area (Å²) in [6.07, 6.45) is 2.86. The highest BCUT2D eigenvalue weighted by Gasteiger charge is 2.29. The molecule has 0 aliphatic carbocycles. The Labute approximate surface area is 176 Å². The number of hydrogen-bond donors (Lipinski definition) is 0. The molecule has 0 fully saturated rings. The fraction of sp³-hybridized carbons (Fsp3) is 0.522. The lowest BCUT2D eigenvalue weighted by Gasteiger charge is -2.33. The minimum atomic E-state index is -0.287. The van der Waals surface area contributed by atoms with Gasteiger partial charge in [0, 0.05) is 32.4 Å². The number of nitrogens with zero attached hydrogens (tertiary/aromatic N) is 5. The molecule has 0 bridgehead atoms. The number of imidazole rings is 1. The van der Waals surface area contributed by atoms with Gasteiger partial charge in [0.1, 0.15) is 0 Å². The van der Waals surface area contributed by atoms with Gasteiger partial charge in [-0.3, -0.25) is 13.9 Å². The fourth-order valence-corrected chi connectivity index (χ4v) is 4.33. The van der Waals surface area contributed by atoms with Gasteiger partial charge in [-0.15, -0.1) is 0 Å². The summed E-state index contributed by atoms with van der Waals surface area (Å²) in [6, 6.07) is 6.39. The Morgan fingerprint density at radius 1 is 1.10 bits per heavy atom. The number of fused-ring (bicyclic) bond motifs is 3. The van der Waals surface area contributed by atoms with Crippen molar-refractivity contribution in [1.29, 1.82) is 0 Å². The molecule has 0 saturated heterocycles. The largest absolute Gasteiger partial charge is 0.332 e. The molecule has 0 saturated carbocycles. The van der Waals surface area contributed by atoms with Crippen LogP contribution in [0.4, 0.5) is 11.6 Å². The van der Waals surface area contributed by atoms with Crippen LogP contribution in [0.1, 0.15) is 44.2 Å².